The van der Waals surface area contributed by atoms with E-state index in [4.69, 9.17) is 9.47 Å². The quantitative estimate of drug-likeness (QED) is 0.367. The highest BCUT2D eigenvalue weighted by Crippen LogP contribution is 2.16. The molecule has 3 rings (SSSR count). The van der Waals surface area contributed by atoms with Gasteiger partial charge in [0.25, 0.3) is 11.8 Å². The average molecular weight is 446 g/mol. The topological polar surface area (TPSA) is 89.0 Å². The van der Waals surface area contributed by atoms with E-state index in [-0.39, 0.29) is 31.1 Å². The van der Waals surface area contributed by atoms with Crippen LogP contribution >= 0.6 is 0 Å². The van der Waals surface area contributed by atoms with Gasteiger partial charge in [0.2, 0.25) is 0 Å². The number of carbonyl (C=O) groups is 2. The van der Waals surface area contributed by atoms with Gasteiger partial charge in [0.15, 0.2) is 13.2 Å². The Morgan fingerprint density at radius 2 is 1.55 bits per heavy atom. The molecular formula is C26H27N3O4. The first kappa shape index (κ1) is 23.5. The molecule has 0 bridgehead atoms. The van der Waals surface area contributed by atoms with E-state index in [9.17, 15) is 9.59 Å². The van der Waals surface area contributed by atoms with Crippen molar-refractivity contribution in [2.24, 2.45) is 5.10 Å². The summed E-state index contributed by atoms with van der Waals surface area (Å²) < 4.78 is 11.0. The first-order chi connectivity index (χ1) is 16.0. The first-order valence-electron chi connectivity index (χ1n) is 10.6. The minimum Gasteiger partial charge on any atom is -0.484 e. The van der Waals surface area contributed by atoms with Gasteiger partial charge in [-0.05, 0) is 60.9 Å². The number of nitrogens with zero attached hydrogens (tertiary/aromatic N) is 1. The molecule has 0 saturated carbocycles. The molecule has 7 heteroatoms. The Bertz CT molecular complexity index is 1080. The number of nitrogens with one attached hydrogen (secondary N) is 2. The van der Waals surface area contributed by atoms with Crippen molar-refractivity contribution in [2.45, 2.75) is 19.9 Å². The van der Waals surface area contributed by atoms with Crippen LogP contribution in [0.2, 0.25) is 0 Å². The molecule has 3 aromatic rings. The maximum absolute atomic E-state index is 12.1. The van der Waals surface area contributed by atoms with E-state index in [1.54, 1.807) is 24.3 Å². The van der Waals surface area contributed by atoms with Crippen LogP contribution in [-0.2, 0) is 9.59 Å². The predicted octanol–water partition coefficient (Wildman–Crippen LogP) is 3.78. The van der Waals surface area contributed by atoms with Gasteiger partial charge < -0.3 is 14.8 Å². The summed E-state index contributed by atoms with van der Waals surface area (Å²) in [4.78, 5) is 24.0. The molecule has 3 aromatic carbocycles. The second-order valence-corrected chi connectivity index (χ2v) is 7.40. The number of hydrogen-bond donors (Lipinski definition) is 2. The van der Waals surface area contributed by atoms with E-state index in [1.807, 2.05) is 68.4 Å². The summed E-state index contributed by atoms with van der Waals surface area (Å²) in [7, 11) is 0. The number of carbonyl (C=O) groups excluding carboxylic acids is 2. The Kier molecular flexibility index (Phi) is 8.59. The van der Waals surface area contributed by atoms with E-state index in [1.165, 1.54) is 6.21 Å². The monoisotopic (exact) mass is 445 g/mol. The van der Waals surface area contributed by atoms with Gasteiger partial charge in [0.1, 0.15) is 11.5 Å². The number of benzene rings is 3. The summed E-state index contributed by atoms with van der Waals surface area (Å²) in [6.07, 6.45) is 1.52. The highest BCUT2D eigenvalue weighted by atomic mass is 16.5. The predicted molar refractivity (Wildman–Crippen MR) is 127 cm³/mol. The molecule has 2 amide bonds. The van der Waals surface area contributed by atoms with Gasteiger partial charge in [0, 0.05) is 0 Å². The highest BCUT2D eigenvalue weighted by molar-refractivity contribution is 5.83. The molecule has 0 spiro atoms. The van der Waals surface area contributed by atoms with Crippen LogP contribution in [0.1, 0.15) is 29.7 Å². The van der Waals surface area contributed by atoms with Crippen molar-refractivity contribution >= 4 is 18.0 Å². The number of para-hydroxylation sites is 1. The number of ether oxygens (including phenoxy) is 2. The fourth-order valence-corrected chi connectivity index (χ4v) is 2.98. The minimum absolute atomic E-state index is 0.0818. The van der Waals surface area contributed by atoms with Gasteiger partial charge in [-0.15, -0.1) is 0 Å². The Morgan fingerprint density at radius 1 is 0.879 bits per heavy atom. The van der Waals surface area contributed by atoms with Crippen molar-refractivity contribution in [2.75, 3.05) is 13.2 Å². The van der Waals surface area contributed by atoms with Gasteiger partial charge in [-0.25, -0.2) is 5.43 Å². The van der Waals surface area contributed by atoms with E-state index >= 15 is 0 Å². The van der Waals surface area contributed by atoms with Crippen LogP contribution in [0.4, 0.5) is 0 Å². The SMILES string of the molecule is Cc1ccccc1OCC(=O)N/N=C\c1ccc(OCC(=O)N[C@H](C)c2ccccc2)cc1. The van der Waals surface area contributed by atoms with Crippen LogP contribution in [0.3, 0.4) is 0 Å². The van der Waals surface area contributed by atoms with Crippen molar-refractivity contribution in [3.05, 3.63) is 95.6 Å². The lowest BCUT2D eigenvalue weighted by atomic mass is 10.1. The standard InChI is InChI=1S/C26H27N3O4/c1-19-8-6-7-11-24(19)33-18-26(31)29-27-16-21-12-14-23(15-13-21)32-17-25(30)28-20(2)22-9-4-3-5-10-22/h3-16,20H,17-18H2,1-2H3,(H,28,30)(H,29,31)/b27-16-/t20-/m1/s1. The molecule has 0 aromatic heterocycles. The summed E-state index contributed by atoms with van der Waals surface area (Å²) in [6, 6.07) is 24.1. The molecule has 1 atom stereocenters. The molecule has 0 radical (unpaired) electrons. The zero-order valence-electron chi connectivity index (χ0n) is 18.7. The lowest BCUT2D eigenvalue weighted by molar-refractivity contribution is -0.124. The van der Waals surface area contributed by atoms with Crippen LogP contribution in [-0.4, -0.2) is 31.2 Å². The van der Waals surface area contributed by atoms with Gasteiger partial charge in [-0.3, -0.25) is 9.59 Å². The van der Waals surface area contributed by atoms with Crippen molar-refractivity contribution in [1.82, 2.24) is 10.7 Å². The lowest BCUT2D eigenvalue weighted by Gasteiger charge is -2.14. The molecule has 0 saturated heterocycles. The summed E-state index contributed by atoms with van der Waals surface area (Å²) in [6.45, 7) is 3.63. The van der Waals surface area contributed by atoms with Crippen LogP contribution < -0.4 is 20.2 Å². The van der Waals surface area contributed by atoms with Gasteiger partial charge in [0.05, 0.1) is 12.3 Å². The average Bonchev–Trinajstić information content (AvgIpc) is 2.83. The Balaban J connectivity index is 1.38. The van der Waals surface area contributed by atoms with E-state index in [0.717, 1.165) is 16.7 Å². The van der Waals surface area contributed by atoms with Crippen molar-refractivity contribution < 1.29 is 19.1 Å². The largest absolute Gasteiger partial charge is 0.484 e. The molecule has 0 heterocycles. The zero-order chi connectivity index (χ0) is 23.5. The third-order valence-electron chi connectivity index (χ3n) is 4.78. The molecule has 0 aliphatic carbocycles. The Hall–Kier alpha value is -4.13. The maximum Gasteiger partial charge on any atom is 0.277 e. The number of rotatable bonds is 10. The highest BCUT2D eigenvalue weighted by Gasteiger charge is 2.09. The Morgan fingerprint density at radius 3 is 2.27 bits per heavy atom. The fraction of sp³-hybridized carbons (Fsp3) is 0.192. The smallest absolute Gasteiger partial charge is 0.277 e. The molecule has 170 valence electrons. The molecule has 2 N–H and O–H groups in total. The number of hydrazone groups is 1. The molecule has 0 aliphatic heterocycles. The summed E-state index contributed by atoms with van der Waals surface area (Å²) >= 11 is 0. The van der Waals surface area contributed by atoms with Crippen LogP contribution in [0.5, 0.6) is 11.5 Å². The zero-order valence-corrected chi connectivity index (χ0v) is 18.7. The van der Waals surface area contributed by atoms with Crippen LogP contribution in [0.25, 0.3) is 0 Å². The molecule has 0 fully saturated rings. The first-order valence-corrected chi connectivity index (χ1v) is 10.6. The molecular weight excluding hydrogens is 418 g/mol. The van der Waals surface area contributed by atoms with E-state index < -0.39 is 0 Å². The van der Waals surface area contributed by atoms with Gasteiger partial charge in [-0.2, -0.15) is 5.10 Å². The maximum atomic E-state index is 12.1. The third kappa shape index (κ3) is 7.81. The lowest BCUT2D eigenvalue weighted by Crippen LogP contribution is -2.31. The van der Waals surface area contributed by atoms with Crippen molar-refractivity contribution in [1.29, 1.82) is 0 Å². The molecule has 0 unspecified atom stereocenters. The molecule has 7 nitrogen and oxygen atoms in total. The second kappa shape index (κ2) is 12.0. The van der Waals surface area contributed by atoms with E-state index in [0.29, 0.717) is 11.5 Å². The second-order valence-electron chi connectivity index (χ2n) is 7.40. The summed E-state index contributed by atoms with van der Waals surface area (Å²) in [5, 5.41) is 6.84. The Labute approximate surface area is 193 Å². The molecule has 0 aliphatic rings. The number of amides is 2. The fourth-order valence-electron chi connectivity index (χ4n) is 2.98. The van der Waals surface area contributed by atoms with Crippen LogP contribution in [0.15, 0.2) is 84.0 Å². The van der Waals surface area contributed by atoms with Gasteiger partial charge >= 0.3 is 0 Å². The van der Waals surface area contributed by atoms with Crippen molar-refractivity contribution in [3.63, 3.8) is 0 Å². The van der Waals surface area contributed by atoms with E-state index in [2.05, 4.69) is 15.8 Å². The number of aryl methyl sites for hydroxylation is 1. The normalized spacial score (nSPS) is 11.6. The van der Waals surface area contributed by atoms with Crippen LogP contribution in [0, 0.1) is 6.92 Å². The van der Waals surface area contributed by atoms with Gasteiger partial charge in [-0.1, -0.05) is 48.5 Å². The summed E-state index contributed by atoms with van der Waals surface area (Å²) in [5.74, 6) is 0.665. The third-order valence-corrected chi connectivity index (χ3v) is 4.78. The van der Waals surface area contributed by atoms with Crippen molar-refractivity contribution in [3.8, 4) is 11.5 Å². The molecule has 33 heavy (non-hydrogen) atoms. The number of hydrogen-bond acceptors (Lipinski definition) is 5. The minimum atomic E-state index is -0.356. The summed E-state index contributed by atoms with van der Waals surface area (Å²) in [5.41, 5.74) is 5.19.